The van der Waals surface area contributed by atoms with Gasteiger partial charge in [0.05, 0.1) is 30.7 Å². The van der Waals surface area contributed by atoms with E-state index in [2.05, 4.69) is 25.0 Å². The molecule has 0 fully saturated rings. The number of aryl methyl sites for hydroxylation is 1. The summed E-state index contributed by atoms with van der Waals surface area (Å²) in [5, 5.41) is 6.97. The minimum atomic E-state index is -0.676. The number of nitrogens with one attached hydrogen (secondary N) is 2. The minimum Gasteiger partial charge on any atom is -0.452 e. The number of carbonyl (C=O) groups is 2. The molecule has 2 amide bonds. The molecule has 110 valence electrons. The van der Waals surface area contributed by atoms with E-state index in [4.69, 9.17) is 4.74 Å². The summed E-state index contributed by atoms with van der Waals surface area (Å²) in [5.41, 5.74) is 4.03. The van der Waals surface area contributed by atoms with E-state index in [0.29, 0.717) is 22.0 Å². The molecule has 0 atom stereocenters. The molecule has 2 N–H and O–H groups in total. The Kier molecular flexibility index (Phi) is 5.91. The van der Waals surface area contributed by atoms with Gasteiger partial charge in [0.1, 0.15) is 5.00 Å². The van der Waals surface area contributed by atoms with Gasteiger partial charge in [-0.3, -0.25) is 5.32 Å². The molecule has 0 spiro atoms. The van der Waals surface area contributed by atoms with Crippen LogP contribution in [0.25, 0.3) is 0 Å². The molecule has 1 heterocycles. The van der Waals surface area contributed by atoms with Crippen molar-refractivity contribution < 1.29 is 19.1 Å². The highest BCUT2D eigenvalue weighted by Crippen LogP contribution is 2.25. The van der Waals surface area contributed by atoms with Gasteiger partial charge >= 0.3 is 12.2 Å². The molecule has 0 saturated carbocycles. The first-order valence-corrected chi connectivity index (χ1v) is 6.55. The van der Waals surface area contributed by atoms with Crippen molar-refractivity contribution in [3.8, 4) is 0 Å². The van der Waals surface area contributed by atoms with Crippen LogP contribution in [0.15, 0.2) is 5.10 Å². The zero-order valence-electron chi connectivity index (χ0n) is 11.6. The van der Waals surface area contributed by atoms with Gasteiger partial charge in [0.15, 0.2) is 0 Å². The lowest BCUT2D eigenvalue weighted by Crippen LogP contribution is -2.19. The number of anilines is 1. The Morgan fingerprint density at radius 3 is 2.70 bits per heavy atom. The summed E-state index contributed by atoms with van der Waals surface area (Å²) in [6.07, 6.45) is -1.24. The maximum Gasteiger partial charge on any atom is 0.427 e. The van der Waals surface area contributed by atoms with Gasteiger partial charge < -0.3 is 9.47 Å². The number of rotatable bonds is 4. The zero-order valence-corrected chi connectivity index (χ0v) is 12.5. The quantitative estimate of drug-likeness (QED) is 0.655. The molecule has 0 aliphatic heterocycles. The number of carbonyl (C=O) groups excluding carboxylic acids is 2. The van der Waals surface area contributed by atoms with Crippen LogP contribution in [0.1, 0.15) is 25.1 Å². The largest absolute Gasteiger partial charge is 0.452 e. The van der Waals surface area contributed by atoms with E-state index >= 15 is 0 Å². The van der Waals surface area contributed by atoms with E-state index in [9.17, 15) is 9.59 Å². The van der Waals surface area contributed by atoms with E-state index in [1.807, 2.05) is 0 Å². The van der Waals surface area contributed by atoms with Crippen LogP contribution >= 0.6 is 11.5 Å². The molecular formula is C11H16N4O4S. The smallest absolute Gasteiger partial charge is 0.427 e. The number of aromatic nitrogens is 1. The van der Waals surface area contributed by atoms with Crippen molar-refractivity contribution in [3.63, 3.8) is 0 Å². The summed E-state index contributed by atoms with van der Waals surface area (Å²) in [4.78, 5) is 22.4. The fourth-order valence-electron chi connectivity index (χ4n) is 1.37. The van der Waals surface area contributed by atoms with E-state index in [-0.39, 0.29) is 6.61 Å². The summed E-state index contributed by atoms with van der Waals surface area (Å²) in [5.74, 6) is 0. The molecule has 1 aromatic heterocycles. The van der Waals surface area contributed by atoms with E-state index in [0.717, 1.165) is 11.5 Å². The molecular weight excluding hydrogens is 284 g/mol. The van der Waals surface area contributed by atoms with Crippen molar-refractivity contribution in [1.29, 1.82) is 0 Å². The monoisotopic (exact) mass is 300 g/mol. The number of hydrogen-bond acceptors (Lipinski definition) is 7. The minimum absolute atomic E-state index is 0.274. The normalized spacial score (nSPS) is 10.9. The Labute approximate surface area is 120 Å². The van der Waals surface area contributed by atoms with Crippen LogP contribution in [0.2, 0.25) is 0 Å². The van der Waals surface area contributed by atoms with Crippen molar-refractivity contribution in [1.82, 2.24) is 9.80 Å². The molecule has 0 saturated heterocycles. The van der Waals surface area contributed by atoms with Gasteiger partial charge in [-0.05, 0) is 32.3 Å². The summed E-state index contributed by atoms with van der Waals surface area (Å²) in [7, 11) is 1.24. The molecule has 9 heteroatoms. The average molecular weight is 300 g/mol. The molecule has 20 heavy (non-hydrogen) atoms. The van der Waals surface area contributed by atoms with Crippen LogP contribution in [-0.2, 0) is 9.47 Å². The second-order valence-electron chi connectivity index (χ2n) is 3.62. The first-order valence-electron chi connectivity index (χ1n) is 5.78. The topological polar surface area (TPSA) is 102 Å². The Hall–Kier alpha value is -2.16. The highest BCUT2D eigenvalue weighted by atomic mass is 32.1. The van der Waals surface area contributed by atoms with E-state index < -0.39 is 12.2 Å². The van der Waals surface area contributed by atoms with Gasteiger partial charge in [-0.1, -0.05) is 0 Å². The molecule has 0 unspecified atom stereocenters. The third-order valence-electron chi connectivity index (χ3n) is 2.22. The molecule has 0 radical (unpaired) electrons. The van der Waals surface area contributed by atoms with Crippen LogP contribution in [0, 0.1) is 6.92 Å². The van der Waals surface area contributed by atoms with Gasteiger partial charge in [-0.15, -0.1) is 0 Å². The van der Waals surface area contributed by atoms with Crippen molar-refractivity contribution in [2.45, 2.75) is 20.8 Å². The lowest BCUT2D eigenvalue weighted by Gasteiger charge is -2.06. The Bertz CT molecular complexity index is 526. The predicted octanol–water partition coefficient (Wildman–Crippen LogP) is 2.10. The molecule has 0 bridgehead atoms. The van der Waals surface area contributed by atoms with Crippen molar-refractivity contribution >= 4 is 34.4 Å². The Balaban J connectivity index is 2.91. The van der Waals surface area contributed by atoms with E-state index in [1.165, 1.54) is 7.11 Å². The molecule has 1 aromatic rings. The summed E-state index contributed by atoms with van der Waals surface area (Å²) >= 11 is 1.11. The standard InChI is InChI=1S/C11H16N4O4S/c1-5-19-10(16)12-9-8(7(3)15-20-9)6(2)13-14-11(17)18-4/h5H2,1-4H3,(H,12,16)(H,14,17)/b13-6+. The van der Waals surface area contributed by atoms with Crippen LogP contribution < -0.4 is 10.7 Å². The van der Waals surface area contributed by atoms with Crippen LogP contribution in [0.3, 0.4) is 0 Å². The number of methoxy groups -OCH3 is 1. The predicted molar refractivity (Wildman–Crippen MR) is 75.2 cm³/mol. The number of ether oxygens (including phenoxy) is 2. The van der Waals surface area contributed by atoms with Gasteiger partial charge in [-0.25, -0.2) is 15.0 Å². The zero-order chi connectivity index (χ0) is 15.1. The Morgan fingerprint density at radius 2 is 2.10 bits per heavy atom. The molecule has 0 aliphatic rings. The third kappa shape index (κ3) is 4.19. The van der Waals surface area contributed by atoms with Crippen molar-refractivity contribution in [2.75, 3.05) is 19.0 Å². The van der Waals surface area contributed by atoms with Crippen molar-refractivity contribution in [3.05, 3.63) is 11.3 Å². The second kappa shape index (κ2) is 7.43. The summed E-state index contributed by atoms with van der Waals surface area (Å²) in [6.45, 7) is 5.45. The molecule has 1 rings (SSSR count). The first-order chi connectivity index (χ1) is 9.49. The lowest BCUT2D eigenvalue weighted by atomic mass is 10.2. The fraction of sp³-hybridized carbons (Fsp3) is 0.455. The maximum atomic E-state index is 11.4. The second-order valence-corrected chi connectivity index (χ2v) is 4.39. The highest BCUT2D eigenvalue weighted by Gasteiger charge is 2.16. The van der Waals surface area contributed by atoms with Gasteiger partial charge in [0.25, 0.3) is 0 Å². The maximum absolute atomic E-state index is 11.4. The van der Waals surface area contributed by atoms with Gasteiger partial charge in [0.2, 0.25) is 0 Å². The molecule has 0 aliphatic carbocycles. The molecule has 0 aromatic carbocycles. The molecule has 8 nitrogen and oxygen atoms in total. The number of hydrazone groups is 1. The van der Waals surface area contributed by atoms with Crippen molar-refractivity contribution in [2.24, 2.45) is 5.10 Å². The van der Waals surface area contributed by atoms with Gasteiger partial charge in [-0.2, -0.15) is 9.47 Å². The SMILES string of the molecule is CCOC(=O)Nc1snc(C)c1/C(C)=N/NC(=O)OC. The van der Waals surface area contributed by atoms with Gasteiger partial charge in [0, 0.05) is 0 Å². The van der Waals surface area contributed by atoms with Crippen LogP contribution in [-0.4, -0.2) is 36.0 Å². The third-order valence-corrected chi connectivity index (χ3v) is 3.07. The summed E-state index contributed by atoms with van der Waals surface area (Å²) < 4.78 is 13.4. The highest BCUT2D eigenvalue weighted by molar-refractivity contribution is 7.11. The summed E-state index contributed by atoms with van der Waals surface area (Å²) in [6, 6.07) is 0. The number of hydrogen-bond donors (Lipinski definition) is 2. The first kappa shape index (κ1) is 15.9. The number of amides is 2. The van der Waals surface area contributed by atoms with Crippen LogP contribution in [0.4, 0.5) is 14.6 Å². The lowest BCUT2D eigenvalue weighted by molar-refractivity contribution is 0.167. The average Bonchev–Trinajstić information content (AvgIpc) is 2.76. The Morgan fingerprint density at radius 1 is 1.40 bits per heavy atom. The fourth-order valence-corrected chi connectivity index (χ4v) is 2.21. The van der Waals surface area contributed by atoms with Crippen LogP contribution in [0.5, 0.6) is 0 Å². The van der Waals surface area contributed by atoms with E-state index in [1.54, 1.807) is 20.8 Å². The number of nitrogens with zero attached hydrogens (tertiary/aromatic N) is 2.